The van der Waals surface area contributed by atoms with E-state index in [1.807, 2.05) is 0 Å². The third-order valence-electron chi connectivity index (χ3n) is 3.97. The normalized spacial score (nSPS) is 17.4. The van der Waals surface area contributed by atoms with Crippen molar-refractivity contribution >= 4 is 17.5 Å². The second-order valence-corrected chi connectivity index (χ2v) is 5.57. The Kier molecular flexibility index (Phi) is 4.28. The number of anilines is 1. The summed E-state index contributed by atoms with van der Waals surface area (Å²) in [4.78, 5) is 29.4. The van der Waals surface area contributed by atoms with Gasteiger partial charge in [-0.1, -0.05) is 0 Å². The van der Waals surface area contributed by atoms with Crippen LogP contribution in [0.5, 0.6) is 0 Å². The Balaban J connectivity index is 1.65. The van der Waals surface area contributed by atoms with Gasteiger partial charge in [-0.2, -0.15) is 0 Å². The van der Waals surface area contributed by atoms with Gasteiger partial charge in [0.2, 0.25) is 11.8 Å². The Morgan fingerprint density at radius 1 is 1.46 bits per heavy atom. The van der Waals surface area contributed by atoms with Gasteiger partial charge in [0, 0.05) is 19.0 Å². The minimum atomic E-state index is -0.831. The molecule has 24 heavy (non-hydrogen) atoms. The summed E-state index contributed by atoms with van der Waals surface area (Å²) < 4.78 is 31.9. The Morgan fingerprint density at radius 2 is 2.25 bits per heavy atom. The maximum Gasteiger partial charge on any atom is 0.227 e. The summed E-state index contributed by atoms with van der Waals surface area (Å²) >= 11 is 0. The van der Waals surface area contributed by atoms with Crippen molar-refractivity contribution in [1.29, 1.82) is 0 Å². The van der Waals surface area contributed by atoms with Crippen LogP contribution in [0.25, 0.3) is 0 Å². The average molecular weight is 335 g/mol. The molecule has 1 N–H and O–H groups in total. The standard InChI is InChI=1S/C16H15F2N3O3/c1-9-13(20-8-24-9)6-19-16(23)10-4-15(22)21(7-10)14-3-2-11(17)5-12(14)18/h2-3,5,8,10H,4,6-7H2,1H3,(H,19,23)/t10-/m0/s1. The molecule has 2 heterocycles. The highest BCUT2D eigenvalue weighted by Crippen LogP contribution is 2.28. The number of aromatic nitrogens is 1. The van der Waals surface area contributed by atoms with Gasteiger partial charge in [-0.15, -0.1) is 0 Å². The van der Waals surface area contributed by atoms with Crippen molar-refractivity contribution in [3.8, 4) is 0 Å². The molecule has 0 radical (unpaired) electrons. The molecule has 2 aromatic rings. The van der Waals surface area contributed by atoms with Gasteiger partial charge in [0.05, 0.1) is 18.2 Å². The summed E-state index contributed by atoms with van der Waals surface area (Å²) in [6, 6.07) is 2.98. The van der Waals surface area contributed by atoms with Crippen molar-refractivity contribution in [3.05, 3.63) is 47.7 Å². The molecule has 6 nitrogen and oxygen atoms in total. The van der Waals surface area contributed by atoms with Crippen LogP contribution in [0.1, 0.15) is 17.9 Å². The molecule has 1 fully saturated rings. The maximum atomic E-state index is 13.8. The van der Waals surface area contributed by atoms with E-state index < -0.39 is 17.6 Å². The number of carbonyl (C=O) groups excluding carboxylic acids is 2. The molecule has 126 valence electrons. The molecule has 1 saturated heterocycles. The zero-order valence-corrected chi connectivity index (χ0v) is 12.9. The van der Waals surface area contributed by atoms with E-state index in [9.17, 15) is 18.4 Å². The lowest BCUT2D eigenvalue weighted by molar-refractivity contribution is -0.126. The molecular formula is C16H15F2N3O3. The molecule has 1 aromatic heterocycles. The van der Waals surface area contributed by atoms with E-state index in [-0.39, 0.29) is 37.0 Å². The first kappa shape index (κ1) is 16.1. The number of rotatable bonds is 4. The number of amides is 2. The van der Waals surface area contributed by atoms with Gasteiger partial charge in [0.25, 0.3) is 0 Å². The molecule has 0 bridgehead atoms. The minimum Gasteiger partial charge on any atom is -0.448 e. The third kappa shape index (κ3) is 3.12. The third-order valence-corrected chi connectivity index (χ3v) is 3.97. The molecule has 0 saturated carbocycles. The van der Waals surface area contributed by atoms with Crippen LogP contribution >= 0.6 is 0 Å². The molecule has 1 aliphatic rings. The average Bonchev–Trinajstić information content (AvgIpc) is 3.11. The maximum absolute atomic E-state index is 13.8. The molecular weight excluding hydrogens is 320 g/mol. The predicted molar refractivity (Wildman–Crippen MR) is 79.9 cm³/mol. The minimum absolute atomic E-state index is 0.0240. The van der Waals surface area contributed by atoms with E-state index in [4.69, 9.17) is 4.42 Å². The zero-order valence-electron chi connectivity index (χ0n) is 12.9. The molecule has 3 rings (SSSR count). The van der Waals surface area contributed by atoms with Crippen LogP contribution < -0.4 is 10.2 Å². The molecule has 1 aromatic carbocycles. The van der Waals surface area contributed by atoms with Crippen LogP contribution in [0.3, 0.4) is 0 Å². The number of benzene rings is 1. The molecule has 8 heteroatoms. The van der Waals surface area contributed by atoms with Crippen LogP contribution in [0.2, 0.25) is 0 Å². The largest absolute Gasteiger partial charge is 0.448 e. The fourth-order valence-electron chi connectivity index (χ4n) is 2.63. The quantitative estimate of drug-likeness (QED) is 0.926. The Bertz CT molecular complexity index is 791. The van der Waals surface area contributed by atoms with Gasteiger partial charge in [-0.05, 0) is 19.1 Å². The second-order valence-electron chi connectivity index (χ2n) is 5.57. The topological polar surface area (TPSA) is 75.4 Å². The highest BCUT2D eigenvalue weighted by Gasteiger charge is 2.36. The van der Waals surface area contributed by atoms with Crippen LogP contribution in [-0.4, -0.2) is 23.3 Å². The number of nitrogens with one attached hydrogen (secondary N) is 1. The van der Waals surface area contributed by atoms with Crippen molar-refractivity contribution in [2.45, 2.75) is 19.9 Å². The first-order chi connectivity index (χ1) is 11.5. The van der Waals surface area contributed by atoms with Crippen LogP contribution in [0.15, 0.2) is 29.0 Å². The zero-order chi connectivity index (χ0) is 17.3. The first-order valence-electron chi connectivity index (χ1n) is 7.38. The van der Waals surface area contributed by atoms with Crippen molar-refractivity contribution in [3.63, 3.8) is 0 Å². The summed E-state index contributed by atoms with van der Waals surface area (Å²) in [5.74, 6) is -2.25. The number of carbonyl (C=O) groups is 2. The van der Waals surface area contributed by atoms with Gasteiger partial charge >= 0.3 is 0 Å². The number of halogens is 2. The molecule has 0 spiro atoms. The molecule has 1 aliphatic heterocycles. The van der Waals surface area contributed by atoms with E-state index in [1.54, 1.807) is 6.92 Å². The summed E-state index contributed by atoms with van der Waals surface area (Å²) in [5.41, 5.74) is 0.582. The summed E-state index contributed by atoms with van der Waals surface area (Å²) in [6.07, 6.45) is 1.26. The number of oxazole rings is 1. The van der Waals surface area contributed by atoms with Crippen LogP contribution in [-0.2, 0) is 16.1 Å². The van der Waals surface area contributed by atoms with E-state index in [2.05, 4.69) is 10.3 Å². The number of hydrogen-bond acceptors (Lipinski definition) is 4. The van der Waals surface area contributed by atoms with E-state index in [0.717, 1.165) is 6.07 Å². The summed E-state index contributed by atoms with van der Waals surface area (Å²) in [7, 11) is 0. The molecule has 1 atom stereocenters. The highest BCUT2D eigenvalue weighted by atomic mass is 19.1. The second kappa shape index (κ2) is 6.38. The lowest BCUT2D eigenvalue weighted by Crippen LogP contribution is -2.33. The summed E-state index contributed by atoms with van der Waals surface area (Å²) in [5, 5.41) is 2.69. The van der Waals surface area contributed by atoms with Gasteiger partial charge in [0.15, 0.2) is 6.39 Å². The van der Waals surface area contributed by atoms with E-state index in [0.29, 0.717) is 17.5 Å². The summed E-state index contributed by atoms with van der Waals surface area (Å²) in [6.45, 7) is 1.97. The van der Waals surface area contributed by atoms with Gasteiger partial charge < -0.3 is 14.6 Å². The molecule has 2 amide bonds. The number of hydrogen-bond donors (Lipinski definition) is 1. The Morgan fingerprint density at radius 3 is 2.92 bits per heavy atom. The van der Waals surface area contributed by atoms with Crippen molar-refractivity contribution in [2.75, 3.05) is 11.4 Å². The first-order valence-corrected chi connectivity index (χ1v) is 7.38. The van der Waals surface area contributed by atoms with Gasteiger partial charge in [-0.3, -0.25) is 9.59 Å². The van der Waals surface area contributed by atoms with Gasteiger partial charge in [-0.25, -0.2) is 13.8 Å². The lowest BCUT2D eigenvalue weighted by atomic mass is 10.1. The fraction of sp³-hybridized carbons (Fsp3) is 0.312. The number of nitrogens with zero attached hydrogens (tertiary/aromatic N) is 2. The van der Waals surface area contributed by atoms with Crippen LogP contribution in [0, 0.1) is 24.5 Å². The van der Waals surface area contributed by atoms with Crippen molar-refractivity contribution < 1.29 is 22.8 Å². The van der Waals surface area contributed by atoms with E-state index in [1.165, 1.54) is 17.4 Å². The monoisotopic (exact) mass is 335 g/mol. The van der Waals surface area contributed by atoms with Gasteiger partial charge in [0.1, 0.15) is 23.1 Å². The highest BCUT2D eigenvalue weighted by molar-refractivity contribution is 6.00. The fourth-order valence-corrected chi connectivity index (χ4v) is 2.63. The van der Waals surface area contributed by atoms with Crippen LogP contribution in [0.4, 0.5) is 14.5 Å². The molecule has 0 aliphatic carbocycles. The molecule has 0 unspecified atom stereocenters. The van der Waals surface area contributed by atoms with E-state index >= 15 is 0 Å². The van der Waals surface area contributed by atoms with Crippen molar-refractivity contribution in [1.82, 2.24) is 10.3 Å². The Hall–Kier alpha value is -2.77. The lowest BCUT2D eigenvalue weighted by Gasteiger charge is -2.17. The Labute approximate surface area is 136 Å². The number of aryl methyl sites for hydroxylation is 1. The smallest absolute Gasteiger partial charge is 0.227 e. The van der Waals surface area contributed by atoms with Crippen molar-refractivity contribution in [2.24, 2.45) is 5.92 Å². The SMILES string of the molecule is Cc1ocnc1CNC(=O)[C@H]1CC(=O)N(c2ccc(F)cc2F)C1. The predicted octanol–water partition coefficient (Wildman–Crippen LogP) is 1.93.